The molecule has 2 aliphatic rings. The summed E-state index contributed by atoms with van der Waals surface area (Å²) in [5.74, 6) is 1.01. The first-order chi connectivity index (χ1) is 12.4. The molecule has 0 radical (unpaired) electrons. The number of nitrogens with zero attached hydrogens (tertiary/aromatic N) is 1. The van der Waals surface area contributed by atoms with Gasteiger partial charge in [-0.15, -0.1) is 0 Å². The minimum atomic E-state index is 1.01. The molecule has 1 aliphatic carbocycles. The summed E-state index contributed by atoms with van der Waals surface area (Å²) in [4.78, 5) is 2.31. The zero-order valence-corrected chi connectivity index (χ0v) is 16.0. The molecular formula is C24H37N. The van der Waals surface area contributed by atoms with Crippen LogP contribution in [-0.4, -0.2) is 11.4 Å². The molecule has 0 aromatic carbocycles. The van der Waals surface area contributed by atoms with Gasteiger partial charge in [0.2, 0.25) is 0 Å². The van der Waals surface area contributed by atoms with E-state index in [-0.39, 0.29) is 0 Å². The van der Waals surface area contributed by atoms with Gasteiger partial charge in [0.05, 0.1) is 0 Å². The van der Waals surface area contributed by atoms with Crippen LogP contribution in [0.1, 0.15) is 77.0 Å². The number of hydrogen-bond acceptors (Lipinski definition) is 1. The Labute approximate surface area is 155 Å². The van der Waals surface area contributed by atoms with Crippen molar-refractivity contribution in [2.24, 2.45) is 5.92 Å². The average Bonchev–Trinajstić information content (AvgIpc) is 2.71. The maximum Gasteiger partial charge on any atom is 0.0219 e. The van der Waals surface area contributed by atoms with E-state index in [1.54, 1.807) is 0 Å². The van der Waals surface area contributed by atoms with Crippen molar-refractivity contribution in [2.75, 3.05) is 6.54 Å². The van der Waals surface area contributed by atoms with Gasteiger partial charge in [-0.05, 0) is 24.5 Å². The van der Waals surface area contributed by atoms with Crippen molar-refractivity contribution in [3.05, 3.63) is 61.0 Å². The van der Waals surface area contributed by atoms with Gasteiger partial charge in [-0.2, -0.15) is 0 Å². The fourth-order valence-electron chi connectivity index (χ4n) is 3.81. The Hall–Kier alpha value is -1.50. The highest BCUT2D eigenvalue weighted by atomic mass is 15.1. The molecule has 0 saturated heterocycles. The second-order valence-corrected chi connectivity index (χ2v) is 7.49. The van der Waals surface area contributed by atoms with E-state index in [0.717, 1.165) is 12.5 Å². The molecule has 0 aromatic heterocycles. The van der Waals surface area contributed by atoms with Gasteiger partial charge in [0.15, 0.2) is 0 Å². The number of rotatable bonds is 6. The van der Waals surface area contributed by atoms with Crippen molar-refractivity contribution in [3.63, 3.8) is 0 Å². The predicted molar refractivity (Wildman–Crippen MR) is 111 cm³/mol. The van der Waals surface area contributed by atoms with Gasteiger partial charge in [0.1, 0.15) is 0 Å². The summed E-state index contributed by atoms with van der Waals surface area (Å²) in [6, 6.07) is 0. The van der Waals surface area contributed by atoms with Crippen molar-refractivity contribution in [1.82, 2.24) is 4.90 Å². The molecule has 0 unspecified atom stereocenters. The van der Waals surface area contributed by atoms with Crippen LogP contribution in [0.2, 0.25) is 0 Å². The first-order valence-electron chi connectivity index (χ1n) is 10.6. The lowest BCUT2D eigenvalue weighted by Crippen LogP contribution is -2.11. The number of allylic oxidation sites excluding steroid dienone is 8. The molecule has 2 rings (SSSR count). The Bertz CT molecular complexity index is 430. The largest absolute Gasteiger partial charge is 0.354 e. The summed E-state index contributed by atoms with van der Waals surface area (Å²) < 4.78 is 0. The normalized spacial score (nSPS) is 26.5. The van der Waals surface area contributed by atoms with Gasteiger partial charge in [0.25, 0.3) is 0 Å². The molecule has 0 N–H and O–H groups in total. The Morgan fingerprint density at radius 2 is 1.08 bits per heavy atom. The van der Waals surface area contributed by atoms with Crippen LogP contribution in [0.3, 0.4) is 0 Å². The Kier molecular flexibility index (Phi) is 10.9. The topological polar surface area (TPSA) is 3.24 Å². The van der Waals surface area contributed by atoms with E-state index in [1.165, 1.54) is 77.0 Å². The third-order valence-electron chi connectivity index (χ3n) is 5.34. The lowest BCUT2D eigenvalue weighted by Gasteiger charge is -2.17. The highest BCUT2D eigenvalue weighted by molar-refractivity contribution is 5.19. The van der Waals surface area contributed by atoms with Crippen molar-refractivity contribution < 1.29 is 0 Å². The standard InChI is InChI=1S/C24H37N/c1-2-6-10-16-22-25(21-15-9-5-1)23-17-11-14-20-24-18-12-7-3-4-8-13-19-24/h1-2,5-6,9-10,15-16,21-22,24H,3-4,7-8,11-14,17-20,23H2/b2-1-,9-5-,10-6-,21-15-,22-16-. The fourth-order valence-corrected chi connectivity index (χ4v) is 3.81. The van der Waals surface area contributed by atoms with E-state index >= 15 is 0 Å². The van der Waals surface area contributed by atoms with Crippen LogP contribution in [0.4, 0.5) is 0 Å². The van der Waals surface area contributed by atoms with E-state index in [0.29, 0.717) is 0 Å². The van der Waals surface area contributed by atoms with Gasteiger partial charge in [-0.3, -0.25) is 0 Å². The number of unbranched alkanes of at least 4 members (excludes halogenated alkanes) is 2. The third kappa shape index (κ3) is 10.2. The van der Waals surface area contributed by atoms with Crippen LogP contribution in [-0.2, 0) is 0 Å². The van der Waals surface area contributed by atoms with Crippen LogP contribution < -0.4 is 0 Å². The second kappa shape index (κ2) is 13.8. The molecule has 0 atom stereocenters. The van der Waals surface area contributed by atoms with E-state index in [4.69, 9.17) is 0 Å². The van der Waals surface area contributed by atoms with Crippen LogP contribution in [0.5, 0.6) is 0 Å². The molecule has 1 heterocycles. The van der Waals surface area contributed by atoms with E-state index in [9.17, 15) is 0 Å². The van der Waals surface area contributed by atoms with Crippen molar-refractivity contribution in [1.29, 1.82) is 0 Å². The average molecular weight is 340 g/mol. The van der Waals surface area contributed by atoms with Gasteiger partial charge in [0, 0.05) is 18.9 Å². The van der Waals surface area contributed by atoms with Gasteiger partial charge in [-0.25, -0.2) is 0 Å². The molecule has 0 amide bonds. The molecule has 1 saturated carbocycles. The lowest BCUT2D eigenvalue weighted by molar-refractivity contribution is 0.377. The van der Waals surface area contributed by atoms with Crippen molar-refractivity contribution in [3.8, 4) is 0 Å². The number of hydrogen-bond donors (Lipinski definition) is 0. The Morgan fingerprint density at radius 3 is 1.68 bits per heavy atom. The van der Waals surface area contributed by atoms with Crippen LogP contribution in [0.15, 0.2) is 61.0 Å². The Morgan fingerprint density at radius 1 is 0.560 bits per heavy atom. The highest BCUT2D eigenvalue weighted by Crippen LogP contribution is 2.26. The van der Waals surface area contributed by atoms with E-state index < -0.39 is 0 Å². The molecule has 0 bridgehead atoms. The molecule has 25 heavy (non-hydrogen) atoms. The highest BCUT2D eigenvalue weighted by Gasteiger charge is 2.10. The summed E-state index contributed by atoms with van der Waals surface area (Å²) in [5, 5.41) is 0. The first kappa shape index (κ1) is 19.8. The minimum absolute atomic E-state index is 1.01. The summed E-state index contributed by atoms with van der Waals surface area (Å²) >= 11 is 0. The molecule has 1 aliphatic heterocycles. The van der Waals surface area contributed by atoms with Crippen LogP contribution >= 0.6 is 0 Å². The monoisotopic (exact) mass is 339 g/mol. The summed E-state index contributed by atoms with van der Waals surface area (Å²) in [5.41, 5.74) is 0. The summed E-state index contributed by atoms with van der Waals surface area (Å²) in [6.07, 6.45) is 38.4. The summed E-state index contributed by atoms with van der Waals surface area (Å²) in [6.45, 7) is 1.12. The van der Waals surface area contributed by atoms with Crippen molar-refractivity contribution in [2.45, 2.75) is 77.0 Å². The minimum Gasteiger partial charge on any atom is -0.354 e. The van der Waals surface area contributed by atoms with Crippen LogP contribution in [0, 0.1) is 5.92 Å². The van der Waals surface area contributed by atoms with Crippen LogP contribution in [0.25, 0.3) is 0 Å². The predicted octanol–water partition coefficient (Wildman–Crippen LogP) is 7.31. The van der Waals surface area contributed by atoms with Crippen molar-refractivity contribution >= 4 is 0 Å². The van der Waals surface area contributed by atoms with Gasteiger partial charge < -0.3 is 4.90 Å². The van der Waals surface area contributed by atoms with E-state index in [1.807, 2.05) is 0 Å². The van der Waals surface area contributed by atoms with Gasteiger partial charge in [-0.1, -0.05) is 107 Å². The zero-order chi connectivity index (χ0) is 17.4. The fraction of sp³-hybridized carbons (Fsp3) is 0.583. The molecule has 1 heteroatoms. The quantitative estimate of drug-likeness (QED) is 0.458. The van der Waals surface area contributed by atoms with Gasteiger partial charge >= 0.3 is 0 Å². The third-order valence-corrected chi connectivity index (χ3v) is 5.34. The second-order valence-electron chi connectivity index (χ2n) is 7.49. The molecule has 0 aromatic rings. The maximum atomic E-state index is 2.31. The Balaban J connectivity index is 1.63. The molecule has 0 spiro atoms. The lowest BCUT2D eigenvalue weighted by atomic mass is 9.91. The summed E-state index contributed by atoms with van der Waals surface area (Å²) in [7, 11) is 0. The smallest absolute Gasteiger partial charge is 0.0219 e. The molecular weight excluding hydrogens is 302 g/mol. The first-order valence-corrected chi connectivity index (χ1v) is 10.6. The zero-order valence-electron chi connectivity index (χ0n) is 16.0. The molecule has 1 fully saturated rings. The SMILES string of the molecule is C1=C\C=C/C=C\N(CCCCCC2CCCCCCCC2)/C=C\C=C/1. The molecule has 138 valence electrons. The molecule has 1 nitrogen and oxygen atoms in total. The van der Waals surface area contributed by atoms with E-state index in [2.05, 4.69) is 65.9 Å². The maximum absolute atomic E-state index is 2.31.